The Hall–Kier alpha value is -1.89. The zero-order valence-corrected chi connectivity index (χ0v) is 15.6. The molecule has 134 valence electrons. The minimum atomic E-state index is -3.37. The van der Waals surface area contributed by atoms with Crippen molar-refractivity contribution >= 4 is 33.2 Å². The van der Waals surface area contributed by atoms with E-state index >= 15 is 0 Å². The van der Waals surface area contributed by atoms with Gasteiger partial charge >= 0.3 is 0 Å². The van der Waals surface area contributed by atoms with Crippen molar-refractivity contribution in [1.29, 1.82) is 0 Å². The van der Waals surface area contributed by atoms with Gasteiger partial charge < -0.3 is 5.32 Å². The van der Waals surface area contributed by atoms with Gasteiger partial charge in [-0.1, -0.05) is 41.9 Å². The molecule has 7 heteroatoms. The van der Waals surface area contributed by atoms with Gasteiger partial charge in [-0.15, -0.1) is 0 Å². The molecular formula is C18H21ClN2O3S. The first kappa shape index (κ1) is 19.4. The molecule has 0 saturated carbocycles. The van der Waals surface area contributed by atoms with Gasteiger partial charge in [0.2, 0.25) is 15.9 Å². The molecular weight excluding hydrogens is 360 g/mol. The molecule has 25 heavy (non-hydrogen) atoms. The second kappa shape index (κ2) is 8.99. The minimum absolute atomic E-state index is 0.0878. The Bertz CT molecular complexity index is 793. The van der Waals surface area contributed by atoms with Crippen LogP contribution in [0.4, 0.5) is 5.69 Å². The molecule has 2 aromatic rings. The van der Waals surface area contributed by atoms with Gasteiger partial charge in [0.05, 0.1) is 6.26 Å². The lowest BCUT2D eigenvalue weighted by Crippen LogP contribution is -2.34. The van der Waals surface area contributed by atoms with E-state index in [1.807, 2.05) is 30.3 Å². The van der Waals surface area contributed by atoms with Gasteiger partial charge in [-0.05, 0) is 36.2 Å². The molecule has 0 aliphatic heterocycles. The van der Waals surface area contributed by atoms with Crippen LogP contribution in [0.2, 0.25) is 5.02 Å². The molecule has 1 N–H and O–H groups in total. The second-order valence-electron chi connectivity index (χ2n) is 5.70. The third-order valence-corrected chi connectivity index (χ3v) is 5.23. The summed E-state index contributed by atoms with van der Waals surface area (Å²) in [5.74, 6) is -0.240. The molecule has 0 aliphatic rings. The van der Waals surface area contributed by atoms with Crippen LogP contribution in [0.5, 0.6) is 0 Å². The molecule has 0 radical (unpaired) electrons. The maximum atomic E-state index is 12.0. The average molecular weight is 381 g/mol. The zero-order chi connectivity index (χ0) is 18.3. The van der Waals surface area contributed by atoms with Gasteiger partial charge in [0, 0.05) is 30.2 Å². The highest BCUT2D eigenvalue weighted by atomic mass is 35.5. The Kier molecular flexibility index (Phi) is 6.99. The van der Waals surface area contributed by atoms with Crippen molar-refractivity contribution in [2.45, 2.75) is 12.8 Å². The first-order valence-electron chi connectivity index (χ1n) is 7.89. The molecule has 0 unspecified atom stereocenters. The summed E-state index contributed by atoms with van der Waals surface area (Å²) in [5, 5.41) is 3.32. The third-order valence-electron chi connectivity index (χ3n) is 3.68. The van der Waals surface area contributed by atoms with Crippen LogP contribution in [0.3, 0.4) is 0 Å². The van der Waals surface area contributed by atoms with Crippen LogP contribution in [0.1, 0.15) is 12.0 Å². The van der Waals surface area contributed by atoms with Crippen molar-refractivity contribution < 1.29 is 13.2 Å². The van der Waals surface area contributed by atoms with E-state index in [0.29, 0.717) is 23.7 Å². The number of carbonyl (C=O) groups is 1. The van der Waals surface area contributed by atoms with Crippen LogP contribution in [-0.4, -0.2) is 38.0 Å². The van der Waals surface area contributed by atoms with Crippen LogP contribution >= 0.6 is 11.6 Å². The van der Waals surface area contributed by atoms with Gasteiger partial charge in [-0.3, -0.25) is 4.79 Å². The number of nitrogens with zero attached hydrogens (tertiary/aromatic N) is 1. The summed E-state index contributed by atoms with van der Waals surface area (Å²) in [6.45, 7) is 0.488. The van der Waals surface area contributed by atoms with E-state index in [9.17, 15) is 13.2 Å². The van der Waals surface area contributed by atoms with Crippen molar-refractivity contribution in [3.05, 3.63) is 65.2 Å². The fraction of sp³-hybridized carbons (Fsp3) is 0.278. The Morgan fingerprint density at radius 3 is 2.28 bits per heavy atom. The van der Waals surface area contributed by atoms with Gasteiger partial charge in [0.15, 0.2) is 0 Å². The largest absolute Gasteiger partial charge is 0.326 e. The number of carbonyl (C=O) groups excluding carboxylic acids is 1. The van der Waals surface area contributed by atoms with E-state index in [1.54, 1.807) is 24.3 Å². The van der Waals surface area contributed by atoms with Crippen LogP contribution in [0.15, 0.2) is 54.6 Å². The number of nitrogens with one attached hydrogen (secondary N) is 1. The molecule has 0 aliphatic carbocycles. The lowest BCUT2D eigenvalue weighted by Gasteiger charge is -2.19. The van der Waals surface area contributed by atoms with Gasteiger partial charge in [-0.25, -0.2) is 12.7 Å². The van der Waals surface area contributed by atoms with E-state index in [1.165, 1.54) is 4.31 Å². The van der Waals surface area contributed by atoms with Gasteiger partial charge in [-0.2, -0.15) is 0 Å². The number of benzene rings is 2. The number of anilines is 1. The number of halogens is 1. The summed E-state index contributed by atoms with van der Waals surface area (Å²) < 4.78 is 25.2. The summed E-state index contributed by atoms with van der Waals surface area (Å²) in [6, 6.07) is 16.4. The highest BCUT2D eigenvalue weighted by Crippen LogP contribution is 2.14. The van der Waals surface area contributed by atoms with Crippen LogP contribution in [-0.2, 0) is 21.2 Å². The van der Waals surface area contributed by atoms with E-state index in [4.69, 9.17) is 11.6 Å². The van der Waals surface area contributed by atoms with Crippen molar-refractivity contribution in [2.75, 3.05) is 24.7 Å². The van der Waals surface area contributed by atoms with E-state index in [-0.39, 0.29) is 18.9 Å². The molecule has 2 rings (SSSR count). The lowest BCUT2D eigenvalue weighted by molar-refractivity contribution is -0.116. The molecule has 0 heterocycles. The lowest BCUT2D eigenvalue weighted by atomic mass is 10.1. The molecule has 2 aromatic carbocycles. The monoisotopic (exact) mass is 380 g/mol. The Labute approximate surface area is 153 Å². The SMILES string of the molecule is CS(=O)(=O)N(CCC(=O)Nc1ccc(Cl)cc1)CCc1ccccc1. The number of hydrogen-bond acceptors (Lipinski definition) is 3. The molecule has 0 spiro atoms. The predicted molar refractivity (Wildman–Crippen MR) is 101 cm³/mol. The molecule has 0 fully saturated rings. The molecule has 1 amide bonds. The number of rotatable bonds is 8. The molecule has 5 nitrogen and oxygen atoms in total. The van der Waals surface area contributed by atoms with Crippen molar-refractivity contribution in [2.24, 2.45) is 0 Å². The fourth-order valence-corrected chi connectivity index (χ4v) is 3.30. The van der Waals surface area contributed by atoms with Crippen LogP contribution < -0.4 is 5.32 Å². The highest BCUT2D eigenvalue weighted by molar-refractivity contribution is 7.88. The van der Waals surface area contributed by atoms with Crippen molar-refractivity contribution in [3.8, 4) is 0 Å². The van der Waals surface area contributed by atoms with Gasteiger partial charge in [0.25, 0.3) is 0 Å². The summed E-state index contributed by atoms with van der Waals surface area (Å²) in [4.78, 5) is 12.0. The standard InChI is InChI=1S/C18H21ClN2O3S/c1-25(23,24)21(13-11-15-5-3-2-4-6-15)14-12-18(22)20-17-9-7-16(19)8-10-17/h2-10H,11-14H2,1H3,(H,20,22). The average Bonchev–Trinajstić information content (AvgIpc) is 2.56. The Balaban J connectivity index is 1.89. The maximum Gasteiger partial charge on any atom is 0.225 e. The molecule has 0 saturated heterocycles. The normalized spacial score (nSPS) is 11.5. The molecule has 0 aromatic heterocycles. The summed E-state index contributed by atoms with van der Waals surface area (Å²) in [6.07, 6.45) is 1.85. The molecule has 0 atom stereocenters. The summed E-state index contributed by atoms with van der Waals surface area (Å²) >= 11 is 5.80. The van der Waals surface area contributed by atoms with E-state index in [2.05, 4.69) is 5.32 Å². The fourth-order valence-electron chi connectivity index (χ4n) is 2.32. The Morgan fingerprint density at radius 1 is 1.04 bits per heavy atom. The number of amides is 1. The van der Waals surface area contributed by atoms with Crippen molar-refractivity contribution in [3.63, 3.8) is 0 Å². The number of hydrogen-bond donors (Lipinski definition) is 1. The summed E-state index contributed by atoms with van der Waals surface area (Å²) in [5.41, 5.74) is 1.69. The maximum absolute atomic E-state index is 12.0. The van der Waals surface area contributed by atoms with E-state index < -0.39 is 10.0 Å². The summed E-state index contributed by atoms with van der Waals surface area (Å²) in [7, 11) is -3.37. The van der Waals surface area contributed by atoms with Crippen LogP contribution in [0, 0.1) is 0 Å². The Morgan fingerprint density at radius 2 is 1.68 bits per heavy atom. The first-order chi connectivity index (χ1) is 11.8. The van der Waals surface area contributed by atoms with Gasteiger partial charge in [0.1, 0.15) is 0 Å². The quantitative estimate of drug-likeness (QED) is 0.764. The molecule has 0 bridgehead atoms. The minimum Gasteiger partial charge on any atom is -0.326 e. The van der Waals surface area contributed by atoms with Crippen LogP contribution in [0.25, 0.3) is 0 Å². The van der Waals surface area contributed by atoms with E-state index in [0.717, 1.165) is 11.8 Å². The number of sulfonamides is 1. The first-order valence-corrected chi connectivity index (χ1v) is 10.1. The second-order valence-corrected chi connectivity index (χ2v) is 8.12. The van der Waals surface area contributed by atoms with Crippen molar-refractivity contribution in [1.82, 2.24) is 4.31 Å². The highest BCUT2D eigenvalue weighted by Gasteiger charge is 2.17. The topological polar surface area (TPSA) is 66.5 Å². The predicted octanol–water partition coefficient (Wildman–Crippen LogP) is 3.17. The zero-order valence-electron chi connectivity index (χ0n) is 14.0. The smallest absolute Gasteiger partial charge is 0.225 e. The third kappa shape index (κ3) is 6.86.